The number of nitrogens with zero attached hydrogens (tertiary/aromatic N) is 2. The van der Waals surface area contributed by atoms with Gasteiger partial charge in [0.15, 0.2) is 0 Å². The summed E-state index contributed by atoms with van der Waals surface area (Å²) < 4.78 is 0. The Morgan fingerprint density at radius 3 is 2.88 bits per heavy atom. The average Bonchev–Trinajstić information content (AvgIpc) is 2.80. The molecule has 1 fully saturated rings. The third-order valence-electron chi connectivity index (χ3n) is 2.62. The molecule has 0 bridgehead atoms. The second-order valence-corrected chi connectivity index (χ2v) is 5.08. The van der Waals surface area contributed by atoms with Crippen LogP contribution in [0.15, 0.2) is 12.4 Å². The maximum atomic E-state index is 4.21. The van der Waals surface area contributed by atoms with Crippen molar-refractivity contribution in [3.05, 3.63) is 12.4 Å². The molecule has 1 unspecified atom stereocenters. The number of hydrogen-bond donors (Lipinski definition) is 2. The monoisotopic (exact) mass is 238 g/mol. The molecule has 0 aromatic carbocycles. The summed E-state index contributed by atoms with van der Waals surface area (Å²) >= 11 is 2.04. The van der Waals surface area contributed by atoms with Gasteiger partial charge in [-0.1, -0.05) is 0 Å². The Labute approximate surface area is 101 Å². The lowest BCUT2D eigenvalue weighted by Crippen LogP contribution is -2.14. The lowest BCUT2D eigenvalue weighted by atomic mass is 10.1. The van der Waals surface area contributed by atoms with E-state index in [0.717, 1.165) is 30.6 Å². The summed E-state index contributed by atoms with van der Waals surface area (Å²) in [6, 6.07) is 1.96. The molecule has 0 saturated carbocycles. The van der Waals surface area contributed by atoms with Crippen molar-refractivity contribution in [1.29, 1.82) is 0 Å². The van der Waals surface area contributed by atoms with E-state index in [4.69, 9.17) is 0 Å². The molecule has 16 heavy (non-hydrogen) atoms. The molecule has 2 N–H and O–H groups in total. The van der Waals surface area contributed by atoms with Crippen molar-refractivity contribution in [2.45, 2.75) is 13.3 Å². The molecule has 1 aromatic rings. The zero-order valence-corrected chi connectivity index (χ0v) is 10.4. The molecule has 0 spiro atoms. The molecule has 1 saturated heterocycles. The topological polar surface area (TPSA) is 49.8 Å². The Balaban J connectivity index is 1.85. The summed E-state index contributed by atoms with van der Waals surface area (Å²) in [5.74, 6) is 5.18. The second kappa shape index (κ2) is 5.94. The highest BCUT2D eigenvalue weighted by Gasteiger charge is 2.14. The first-order valence-electron chi connectivity index (χ1n) is 5.76. The van der Waals surface area contributed by atoms with Gasteiger partial charge in [-0.3, -0.25) is 0 Å². The Hall–Kier alpha value is -0.970. The third kappa shape index (κ3) is 3.27. The second-order valence-electron chi connectivity index (χ2n) is 3.93. The average molecular weight is 238 g/mol. The molecular formula is C11H18N4S. The van der Waals surface area contributed by atoms with E-state index in [2.05, 4.69) is 27.5 Å². The van der Waals surface area contributed by atoms with Gasteiger partial charge in [-0.05, 0) is 30.8 Å². The van der Waals surface area contributed by atoms with Crippen LogP contribution in [0, 0.1) is 5.92 Å². The van der Waals surface area contributed by atoms with Crippen LogP contribution in [0.3, 0.4) is 0 Å². The van der Waals surface area contributed by atoms with Crippen molar-refractivity contribution in [2.24, 2.45) is 5.92 Å². The summed E-state index contributed by atoms with van der Waals surface area (Å²) in [6.07, 6.45) is 2.92. The molecule has 2 rings (SSSR count). The van der Waals surface area contributed by atoms with E-state index in [9.17, 15) is 0 Å². The smallest absolute Gasteiger partial charge is 0.131 e. The Morgan fingerprint density at radius 2 is 2.19 bits per heavy atom. The van der Waals surface area contributed by atoms with Crippen LogP contribution in [0.1, 0.15) is 13.3 Å². The molecule has 0 radical (unpaired) electrons. The molecular weight excluding hydrogens is 220 g/mol. The fourth-order valence-electron chi connectivity index (χ4n) is 1.73. The van der Waals surface area contributed by atoms with Crippen LogP contribution >= 0.6 is 11.8 Å². The molecule has 88 valence electrons. The number of nitrogens with one attached hydrogen (secondary N) is 2. The van der Waals surface area contributed by atoms with Gasteiger partial charge in [0, 0.05) is 19.2 Å². The normalized spacial score (nSPS) is 19.7. The Bertz CT molecular complexity index is 326. The predicted molar refractivity (Wildman–Crippen MR) is 70.1 cm³/mol. The van der Waals surface area contributed by atoms with Gasteiger partial charge < -0.3 is 10.6 Å². The molecule has 1 atom stereocenters. The van der Waals surface area contributed by atoms with Crippen LogP contribution in [-0.4, -0.2) is 34.6 Å². The van der Waals surface area contributed by atoms with Crippen LogP contribution in [0.2, 0.25) is 0 Å². The fraction of sp³-hybridized carbons (Fsp3) is 0.636. The van der Waals surface area contributed by atoms with Crippen LogP contribution < -0.4 is 10.6 Å². The van der Waals surface area contributed by atoms with Gasteiger partial charge in [0.05, 0.1) is 0 Å². The van der Waals surface area contributed by atoms with Crippen LogP contribution in [0.5, 0.6) is 0 Å². The van der Waals surface area contributed by atoms with Crippen LogP contribution in [0.4, 0.5) is 11.6 Å². The fourth-order valence-corrected chi connectivity index (χ4v) is 3.01. The van der Waals surface area contributed by atoms with E-state index >= 15 is 0 Å². The maximum absolute atomic E-state index is 4.21. The summed E-state index contributed by atoms with van der Waals surface area (Å²) in [7, 11) is 0. The molecule has 0 aliphatic carbocycles. The molecule has 4 nitrogen and oxygen atoms in total. The minimum Gasteiger partial charge on any atom is -0.370 e. The summed E-state index contributed by atoms with van der Waals surface area (Å²) in [5, 5.41) is 6.56. The summed E-state index contributed by atoms with van der Waals surface area (Å²) in [6.45, 7) is 3.97. The lowest BCUT2D eigenvalue weighted by Gasteiger charge is -2.11. The summed E-state index contributed by atoms with van der Waals surface area (Å²) in [5.41, 5.74) is 0. The van der Waals surface area contributed by atoms with Gasteiger partial charge in [-0.25, -0.2) is 9.97 Å². The zero-order chi connectivity index (χ0) is 11.2. The maximum Gasteiger partial charge on any atom is 0.131 e. The van der Waals surface area contributed by atoms with Crippen molar-refractivity contribution in [2.75, 3.05) is 35.2 Å². The lowest BCUT2D eigenvalue weighted by molar-refractivity contribution is 0.630. The highest BCUT2D eigenvalue weighted by atomic mass is 32.2. The molecule has 1 aliphatic rings. The van der Waals surface area contributed by atoms with E-state index in [1.54, 1.807) is 6.33 Å². The van der Waals surface area contributed by atoms with Gasteiger partial charge in [-0.15, -0.1) is 0 Å². The zero-order valence-electron chi connectivity index (χ0n) is 9.57. The van der Waals surface area contributed by atoms with Gasteiger partial charge in [0.25, 0.3) is 0 Å². The van der Waals surface area contributed by atoms with E-state index in [0.29, 0.717) is 0 Å². The molecule has 2 heterocycles. The van der Waals surface area contributed by atoms with Crippen molar-refractivity contribution < 1.29 is 0 Å². The third-order valence-corrected chi connectivity index (χ3v) is 3.85. The Kier molecular flexibility index (Phi) is 4.27. The molecule has 0 amide bonds. The van der Waals surface area contributed by atoms with Gasteiger partial charge in [0.2, 0.25) is 0 Å². The van der Waals surface area contributed by atoms with Gasteiger partial charge >= 0.3 is 0 Å². The van der Waals surface area contributed by atoms with Gasteiger partial charge in [-0.2, -0.15) is 11.8 Å². The number of aromatic nitrogens is 2. The van der Waals surface area contributed by atoms with Crippen molar-refractivity contribution >= 4 is 23.4 Å². The van der Waals surface area contributed by atoms with Crippen molar-refractivity contribution in [3.8, 4) is 0 Å². The summed E-state index contributed by atoms with van der Waals surface area (Å²) in [4.78, 5) is 8.36. The van der Waals surface area contributed by atoms with E-state index in [1.807, 2.05) is 17.8 Å². The quantitative estimate of drug-likeness (QED) is 0.822. The largest absolute Gasteiger partial charge is 0.370 e. The first-order valence-corrected chi connectivity index (χ1v) is 6.91. The van der Waals surface area contributed by atoms with Crippen molar-refractivity contribution in [3.63, 3.8) is 0 Å². The Morgan fingerprint density at radius 1 is 1.38 bits per heavy atom. The first kappa shape index (κ1) is 11.5. The number of anilines is 2. The van der Waals surface area contributed by atoms with E-state index < -0.39 is 0 Å². The number of thioether (sulfide) groups is 1. The molecule has 1 aliphatic heterocycles. The van der Waals surface area contributed by atoms with Gasteiger partial charge in [0.1, 0.15) is 18.0 Å². The van der Waals surface area contributed by atoms with Crippen LogP contribution in [0.25, 0.3) is 0 Å². The van der Waals surface area contributed by atoms with Crippen LogP contribution in [-0.2, 0) is 0 Å². The highest BCUT2D eigenvalue weighted by Crippen LogP contribution is 2.23. The number of hydrogen-bond acceptors (Lipinski definition) is 5. The standard InChI is InChI=1S/C11H18N4S/c1-2-12-10-5-11(15-8-14-10)13-6-9-3-4-16-7-9/h5,8-9H,2-4,6-7H2,1H3,(H2,12,13,14,15). The SMILES string of the molecule is CCNc1cc(NCC2CCSC2)ncn1. The molecule has 5 heteroatoms. The van der Waals surface area contributed by atoms with E-state index in [1.165, 1.54) is 17.9 Å². The van der Waals surface area contributed by atoms with Crippen molar-refractivity contribution in [1.82, 2.24) is 9.97 Å². The predicted octanol–water partition coefficient (Wildman–Crippen LogP) is 2.07. The highest BCUT2D eigenvalue weighted by molar-refractivity contribution is 7.99. The number of rotatable bonds is 5. The van der Waals surface area contributed by atoms with E-state index in [-0.39, 0.29) is 0 Å². The minimum atomic E-state index is 0.794. The first-order chi connectivity index (χ1) is 7.88. The minimum absolute atomic E-state index is 0.794. The molecule has 1 aromatic heterocycles.